The van der Waals surface area contributed by atoms with Gasteiger partial charge >= 0.3 is 0 Å². The Bertz CT molecular complexity index is 882. The summed E-state index contributed by atoms with van der Waals surface area (Å²) in [4.78, 5) is 28.7. The van der Waals surface area contributed by atoms with Crippen LogP contribution in [0.1, 0.15) is 36.4 Å². The minimum Gasteiger partial charge on any atom is -0.338 e. The van der Waals surface area contributed by atoms with Gasteiger partial charge in [-0.15, -0.1) is 0 Å². The maximum Gasteiger partial charge on any atom is 0.228 e. The first kappa shape index (κ1) is 17.7. The first-order valence-corrected chi connectivity index (χ1v) is 9.45. The van der Waals surface area contributed by atoms with Crippen molar-refractivity contribution in [3.63, 3.8) is 0 Å². The largest absolute Gasteiger partial charge is 0.338 e. The lowest BCUT2D eigenvalue weighted by Gasteiger charge is -2.34. The number of hydrogen-bond acceptors (Lipinski definition) is 2. The lowest BCUT2D eigenvalue weighted by Crippen LogP contribution is -2.38. The predicted octanol–water partition coefficient (Wildman–Crippen LogP) is 3.71. The maximum atomic E-state index is 14.1. The van der Waals surface area contributed by atoms with Crippen molar-refractivity contribution in [3.05, 3.63) is 65.5 Å². The van der Waals surface area contributed by atoms with E-state index in [1.165, 1.54) is 22.1 Å². The van der Waals surface area contributed by atoms with Crippen molar-refractivity contribution < 1.29 is 14.0 Å². The van der Waals surface area contributed by atoms with Gasteiger partial charge in [-0.3, -0.25) is 9.59 Å². The summed E-state index contributed by atoms with van der Waals surface area (Å²) in [5, 5.41) is 0. The highest BCUT2D eigenvalue weighted by Gasteiger charge is 2.39. The van der Waals surface area contributed by atoms with Gasteiger partial charge in [0, 0.05) is 20.0 Å². The molecule has 0 N–H and O–H groups in total. The lowest BCUT2D eigenvalue weighted by molar-refractivity contribution is -0.137. The van der Waals surface area contributed by atoms with Gasteiger partial charge in [-0.2, -0.15) is 0 Å². The van der Waals surface area contributed by atoms with Gasteiger partial charge in [-0.05, 0) is 42.5 Å². The first-order valence-electron chi connectivity index (χ1n) is 9.45. The highest BCUT2D eigenvalue weighted by atomic mass is 19.1. The van der Waals surface area contributed by atoms with E-state index in [1.54, 1.807) is 23.1 Å². The molecule has 0 radical (unpaired) electrons. The van der Waals surface area contributed by atoms with E-state index in [-0.39, 0.29) is 36.5 Å². The fourth-order valence-electron chi connectivity index (χ4n) is 4.35. The zero-order valence-electron chi connectivity index (χ0n) is 15.4. The summed E-state index contributed by atoms with van der Waals surface area (Å²) >= 11 is 0. The molecule has 5 heteroatoms. The van der Waals surface area contributed by atoms with Crippen LogP contribution in [-0.2, 0) is 16.0 Å². The Morgan fingerprint density at radius 3 is 2.70 bits per heavy atom. The molecule has 4 rings (SSSR count). The molecule has 2 atom stereocenters. The molecule has 0 spiro atoms. The summed E-state index contributed by atoms with van der Waals surface area (Å²) in [6.07, 6.45) is 3.14. The molecular formula is C22H23FN2O2. The number of hydrogen-bond donors (Lipinski definition) is 0. The molecule has 4 nitrogen and oxygen atoms in total. The van der Waals surface area contributed by atoms with Crippen molar-refractivity contribution in [1.82, 2.24) is 4.90 Å². The number of nitrogens with zero attached hydrogens (tertiary/aromatic N) is 2. The summed E-state index contributed by atoms with van der Waals surface area (Å²) < 4.78 is 14.1. The van der Waals surface area contributed by atoms with Crippen molar-refractivity contribution >= 4 is 17.5 Å². The minimum absolute atomic E-state index is 0.0381. The number of halogens is 1. The predicted molar refractivity (Wildman–Crippen MR) is 102 cm³/mol. The van der Waals surface area contributed by atoms with Crippen molar-refractivity contribution in [2.45, 2.75) is 31.7 Å². The Balaban J connectivity index is 1.52. The number of aryl methyl sites for hydroxylation is 1. The number of benzene rings is 2. The summed E-state index contributed by atoms with van der Waals surface area (Å²) in [7, 11) is 1.82. The monoisotopic (exact) mass is 366 g/mol. The van der Waals surface area contributed by atoms with E-state index in [4.69, 9.17) is 0 Å². The second-order valence-electron chi connectivity index (χ2n) is 7.41. The number of para-hydroxylation sites is 1. The van der Waals surface area contributed by atoms with Crippen LogP contribution < -0.4 is 4.90 Å². The molecule has 0 saturated carbocycles. The van der Waals surface area contributed by atoms with Crippen LogP contribution in [0, 0.1) is 11.7 Å². The number of anilines is 1. The molecule has 2 aromatic rings. The molecule has 2 amide bonds. The topological polar surface area (TPSA) is 40.6 Å². The first-order chi connectivity index (χ1) is 13.1. The van der Waals surface area contributed by atoms with Crippen LogP contribution in [0.15, 0.2) is 48.5 Å². The molecule has 2 aliphatic rings. The average molecular weight is 366 g/mol. The van der Waals surface area contributed by atoms with E-state index >= 15 is 0 Å². The van der Waals surface area contributed by atoms with E-state index in [0.29, 0.717) is 0 Å². The molecule has 2 unspecified atom stereocenters. The normalized spacial score (nSPS) is 21.9. The molecule has 1 saturated heterocycles. The third-order valence-corrected chi connectivity index (χ3v) is 5.77. The highest BCUT2D eigenvalue weighted by molar-refractivity contribution is 6.00. The van der Waals surface area contributed by atoms with Gasteiger partial charge in [-0.1, -0.05) is 36.4 Å². The second-order valence-corrected chi connectivity index (χ2v) is 7.41. The summed E-state index contributed by atoms with van der Waals surface area (Å²) in [6.45, 7) is 0.233. The van der Waals surface area contributed by atoms with Gasteiger partial charge in [0.15, 0.2) is 0 Å². The van der Waals surface area contributed by atoms with E-state index in [9.17, 15) is 14.0 Å². The molecule has 2 aromatic carbocycles. The van der Waals surface area contributed by atoms with E-state index < -0.39 is 11.7 Å². The molecule has 0 bridgehead atoms. The molecule has 1 aliphatic carbocycles. The van der Waals surface area contributed by atoms with Crippen molar-refractivity contribution in [2.24, 2.45) is 5.92 Å². The fraction of sp³-hybridized carbons (Fsp3) is 0.364. The van der Waals surface area contributed by atoms with Crippen molar-refractivity contribution in [3.8, 4) is 0 Å². The van der Waals surface area contributed by atoms with Crippen molar-refractivity contribution in [2.75, 3.05) is 18.5 Å². The Labute approximate surface area is 158 Å². The van der Waals surface area contributed by atoms with Crippen LogP contribution in [0.5, 0.6) is 0 Å². The molecule has 1 heterocycles. The Morgan fingerprint density at radius 2 is 1.89 bits per heavy atom. The van der Waals surface area contributed by atoms with Gasteiger partial charge in [0.2, 0.25) is 11.8 Å². The van der Waals surface area contributed by atoms with Crippen LogP contribution in [0.25, 0.3) is 0 Å². The standard InChI is InChI=1S/C22H23FN2O2/c1-24(19-12-6-8-15-7-2-3-9-17(15)19)22(27)16-13-21(26)25(14-16)20-11-5-4-10-18(20)23/h2-5,7,9-11,16,19H,6,8,12-14H2,1H3. The quantitative estimate of drug-likeness (QED) is 0.831. The zero-order valence-corrected chi connectivity index (χ0v) is 15.4. The van der Waals surface area contributed by atoms with Gasteiger partial charge in [-0.25, -0.2) is 4.39 Å². The third kappa shape index (κ3) is 3.22. The number of carbonyl (C=O) groups excluding carboxylic acids is 2. The zero-order chi connectivity index (χ0) is 19.0. The third-order valence-electron chi connectivity index (χ3n) is 5.77. The van der Waals surface area contributed by atoms with Gasteiger partial charge < -0.3 is 9.80 Å². The van der Waals surface area contributed by atoms with E-state index in [0.717, 1.165) is 19.3 Å². The van der Waals surface area contributed by atoms with Gasteiger partial charge in [0.05, 0.1) is 17.6 Å². The van der Waals surface area contributed by atoms with Crippen molar-refractivity contribution in [1.29, 1.82) is 0 Å². The molecule has 1 fully saturated rings. The Kier molecular flexibility index (Phi) is 4.68. The number of rotatable bonds is 3. The SMILES string of the molecule is CN(C(=O)C1CC(=O)N(c2ccccc2F)C1)C1CCCc2ccccc21. The van der Waals surface area contributed by atoms with Crippen LogP contribution >= 0.6 is 0 Å². The summed E-state index contributed by atoms with van der Waals surface area (Å²) in [5.74, 6) is -1.11. The Morgan fingerprint density at radius 1 is 1.15 bits per heavy atom. The maximum absolute atomic E-state index is 14.1. The summed E-state index contributed by atoms with van der Waals surface area (Å²) in [5.41, 5.74) is 2.75. The number of carbonyl (C=O) groups is 2. The number of amides is 2. The summed E-state index contributed by atoms with van der Waals surface area (Å²) in [6, 6.07) is 14.5. The van der Waals surface area contributed by atoms with E-state index in [1.807, 2.05) is 19.2 Å². The molecular weight excluding hydrogens is 343 g/mol. The molecule has 1 aliphatic heterocycles. The van der Waals surface area contributed by atoms with Crippen LogP contribution in [0.3, 0.4) is 0 Å². The van der Waals surface area contributed by atoms with Gasteiger partial charge in [0.1, 0.15) is 5.82 Å². The second kappa shape index (κ2) is 7.14. The molecule has 140 valence electrons. The molecule has 27 heavy (non-hydrogen) atoms. The van der Waals surface area contributed by atoms with Gasteiger partial charge in [0.25, 0.3) is 0 Å². The van der Waals surface area contributed by atoms with E-state index in [2.05, 4.69) is 12.1 Å². The Hall–Kier alpha value is -2.69. The van der Waals surface area contributed by atoms with Crippen LogP contribution in [0.2, 0.25) is 0 Å². The fourth-order valence-corrected chi connectivity index (χ4v) is 4.35. The number of fused-ring (bicyclic) bond motifs is 1. The lowest BCUT2D eigenvalue weighted by atomic mass is 9.86. The highest BCUT2D eigenvalue weighted by Crippen LogP contribution is 2.35. The van der Waals surface area contributed by atoms with Crippen LogP contribution in [0.4, 0.5) is 10.1 Å². The molecule has 0 aromatic heterocycles. The minimum atomic E-state index is -0.437. The smallest absolute Gasteiger partial charge is 0.228 e. The van der Waals surface area contributed by atoms with Crippen LogP contribution in [-0.4, -0.2) is 30.3 Å². The average Bonchev–Trinajstić information content (AvgIpc) is 3.08.